The second-order valence-corrected chi connectivity index (χ2v) is 7.51. The van der Waals surface area contributed by atoms with Crippen LogP contribution < -0.4 is 0 Å². The van der Waals surface area contributed by atoms with Gasteiger partial charge in [0, 0.05) is 15.6 Å². The summed E-state index contributed by atoms with van der Waals surface area (Å²) < 4.78 is 16.8. The third kappa shape index (κ3) is 3.58. The van der Waals surface area contributed by atoms with Gasteiger partial charge in [-0.25, -0.2) is 9.07 Å². The van der Waals surface area contributed by atoms with E-state index in [1.165, 1.54) is 12.1 Å². The summed E-state index contributed by atoms with van der Waals surface area (Å²) in [7, 11) is 0. The number of aromatic nitrogens is 6. The molecular weight excluding hydrogens is 438 g/mol. The summed E-state index contributed by atoms with van der Waals surface area (Å²) in [5.74, 6) is 0.146. The molecule has 0 N–H and O–H groups in total. The van der Waals surface area contributed by atoms with Gasteiger partial charge in [0.15, 0.2) is 5.82 Å². The van der Waals surface area contributed by atoms with E-state index in [4.69, 9.17) is 23.2 Å². The average Bonchev–Trinajstić information content (AvgIpc) is 3.42. The highest BCUT2D eigenvalue weighted by Crippen LogP contribution is 2.37. The van der Waals surface area contributed by atoms with Crippen molar-refractivity contribution < 1.29 is 4.39 Å². The Morgan fingerprint density at radius 1 is 0.742 bits per heavy atom. The molecule has 0 fully saturated rings. The van der Waals surface area contributed by atoms with Crippen LogP contribution in [0.5, 0.6) is 0 Å². The first-order valence-corrected chi connectivity index (χ1v) is 10.0. The standard InChI is InChI=1S/C22H13Cl2FN6/c23-14-5-9-17(10-6-14)31-22(27-28-29-31)19-13-26-30(16-11-7-15(25)8-12-16)21(19)18-3-1-2-4-20(18)24/h1-13H. The number of benzene rings is 3. The summed E-state index contributed by atoms with van der Waals surface area (Å²) in [5, 5.41) is 17.9. The average molecular weight is 451 g/mol. The zero-order chi connectivity index (χ0) is 21.4. The molecule has 2 aromatic heterocycles. The SMILES string of the molecule is Fc1ccc(-n2ncc(-c3nnnn3-c3ccc(Cl)cc3)c2-c2ccccc2Cl)cc1. The molecule has 0 aliphatic rings. The number of hydrogen-bond donors (Lipinski definition) is 0. The lowest BCUT2D eigenvalue weighted by Gasteiger charge is -2.12. The molecule has 0 unspecified atom stereocenters. The molecule has 0 spiro atoms. The van der Waals surface area contributed by atoms with Crippen LogP contribution in [-0.4, -0.2) is 30.0 Å². The van der Waals surface area contributed by atoms with Crippen LogP contribution in [-0.2, 0) is 0 Å². The van der Waals surface area contributed by atoms with Gasteiger partial charge in [-0.1, -0.05) is 41.4 Å². The molecular formula is C22H13Cl2FN6. The Morgan fingerprint density at radius 2 is 1.42 bits per heavy atom. The van der Waals surface area contributed by atoms with Crippen LogP contribution in [0.15, 0.2) is 79.0 Å². The van der Waals surface area contributed by atoms with Crippen LogP contribution in [0.3, 0.4) is 0 Å². The van der Waals surface area contributed by atoms with Gasteiger partial charge in [0.2, 0.25) is 0 Å². The van der Waals surface area contributed by atoms with E-state index in [-0.39, 0.29) is 5.82 Å². The Morgan fingerprint density at radius 3 is 2.16 bits per heavy atom. The summed E-state index contributed by atoms with van der Waals surface area (Å²) in [6.07, 6.45) is 1.67. The highest BCUT2D eigenvalue weighted by atomic mass is 35.5. The molecule has 5 aromatic rings. The van der Waals surface area contributed by atoms with Crippen molar-refractivity contribution in [3.8, 4) is 34.0 Å². The van der Waals surface area contributed by atoms with Crippen molar-refractivity contribution in [1.29, 1.82) is 0 Å². The van der Waals surface area contributed by atoms with E-state index in [9.17, 15) is 4.39 Å². The molecule has 9 heteroatoms. The second kappa shape index (κ2) is 7.94. The minimum atomic E-state index is -0.331. The molecule has 152 valence electrons. The molecule has 6 nitrogen and oxygen atoms in total. The highest BCUT2D eigenvalue weighted by Gasteiger charge is 2.23. The Labute approximate surface area is 186 Å². The predicted octanol–water partition coefficient (Wildman–Crippen LogP) is 5.63. The fourth-order valence-electron chi connectivity index (χ4n) is 3.31. The lowest BCUT2D eigenvalue weighted by Crippen LogP contribution is -2.02. The number of hydrogen-bond acceptors (Lipinski definition) is 4. The summed E-state index contributed by atoms with van der Waals surface area (Å²) >= 11 is 12.6. The number of tetrazole rings is 1. The van der Waals surface area contributed by atoms with Gasteiger partial charge >= 0.3 is 0 Å². The van der Waals surface area contributed by atoms with Crippen molar-refractivity contribution in [2.75, 3.05) is 0 Å². The fourth-order valence-corrected chi connectivity index (χ4v) is 3.67. The Hall–Kier alpha value is -3.55. The maximum atomic E-state index is 13.5. The van der Waals surface area contributed by atoms with Crippen LogP contribution in [0.4, 0.5) is 4.39 Å². The van der Waals surface area contributed by atoms with Crippen molar-refractivity contribution in [3.05, 3.63) is 94.9 Å². The third-order valence-corrected chi connectivity index (χ3v) is 5.33. The van der Waals surface area contributed by atoms with Crippen molar-refractivity contribution in [3.63, 3.8) is 0 Å². The quantitative estimate of drug-likeness (QED) is 0.356. The largest absolute Gasteiger partial charge is 0.232 e. The third-order valence-electron chi connectivity index (χ3n) is 4.75. The first-order valence-electron chi connectivity index (χ1n) is 9.25. The smallest absolute Gasteiger partial charge is 0.190 e. The van der Waals surface area contributed by atoms with E-state index in [0.29, 0.717) is 32.8 Å². The monoisotopic (exact) mass is 450 g/mol. The normalized spacial score (nSPS) is 11.1. The van der Waals surface area contributed by atoms with Crippen molar-refractivity contribution in [2.45, 2.75) is 0 Å². The van der Waals surface area contributed by atoms with E-state index in [1.54, 1.807) is 45.9 Å². The van der Waals surface area contributed by atoms with Gasteiger partial charge in [-0.3, -0.25) is 0 Å². The zero-order valence-electron chi connectivity index (χ0n) is 15.8. The van der Waals surface area contributed by atoms with Gasteiger partial charge < -0.3 is 0 Å². The van der Waals surface area contributed by atoms with Crippen LogP contribution >= 0.6 is 23.2 Å². The lowest BCUT2D eigenvalue weighted by molar-refractivity contribution is 0.627. The number of halogens is 3. The first-order chi connectivity index (χ1) is 15.1. The van der Waals surface area contributed by atoms with Gasteiger partial charge in [-0.15, -0.1) is 5.10 Å². The molecule has 0 bridgehead atoms. The summed E-state index contributed by atoms with van der Waals surface area (Å²) in [6.45, 7) is 0. The van der Waals surface area contributed by atoms with E-state index >= 15 is 0 Å². The van der Waals surface area contributed by atoms with E-state index in [1.807, 2.05) is 30.3 Å². The maximum Gasteiger partial charge on any atom is 0.190 e. The van der Waals surface area contributed by atoms with Gasteiger partial charge in [0.25, 0.3) is 0 Å². The van der Waals surface area contributed by atoms with Crippen molar-refractivity contribution >= 4 is 23.2 Å². The second-order valence-electron chi connectivity index (χ2n) is 6.67. The van der Waals surface area contributed by atoms with Crippen molar-refractivity contribution in [2.24, 2.45) is 0 Å². The minimum absolute atomic E-state index is 0.331. The number of rotatable bonds is 4. The van der Waals surface area contributed by atoms with Crippen LogP contribution in [0, 0.1) is 5.82 Å². The van der Waals surface area contributed by atoms with Crippen LogP contribution in [0.2, 0.25) is 10.0 Å². The summed E-state index contributed by atoms with van der Waals surface area (Å²) in [4.78, 5) is 0. The predicted molar refractivity (Wildman–Crippen MR) is 117 cm³/mol. The van der Waals surface area contributed by atoms with E-state index in [2.05, 4.69) is 20.6 Å². The molecule has 5 rings (SSSR count). The zero-order valence-corrected chi connectivity index (χ0v) is 17.3. The van der Waals surface area contributed by atoms with Crippen molar-refractivity contribution in [1.82, 2.24) is 30.0 Å². The van der Waals surface area contributed by atoms with E-state index in [0.717, 1.165) is 11.3 Å². The summed E-state index contributed by atoms with van der Waals surface area (Å²) in [5.41, 5.74) is 3.50. The van der Waals surface area contributed by atoms with Gasteiger partial charge in [0.1, 0.15) is 5.82 Å². The Balaban J connectivity index is 1.75. The first kappa shape index (κ1) is 19.4. The molecule has 31 heavy (non-hydrogen) atoms. The number of nitrogens with zero attached hydrogens (tertiary/aromatic N) is 6. The molecule has 0 amide bonds. The Kier molecular flexibility index (Phi) is 4.97. The highest BCUT2D eigenvalue weighted by molar-refractivity contribution is 6.33. The van der Waals surface area contributed by atoms with Gasteiger partial charge in [-0.05, 0) is 65.0 Å². The molecule has 0 saturated carbocycles. The molecule has 0 saturated heterocycles. The van der Waals surface area contributed by atoms with Gasteiger partial charge in [0.05, 0.1) is 28.8 Å². The molecule has 2 heterocycles. The Bertz CT molecular complexity index is 1360. The molecule has 0 aliphatic heterocycles. The van der Waals surface area contributed by atoms with Crippen LogP contribution in [0.1, 0.15) is 0 Å². The van der Waals surface area contributed by atoms with E-state index < -0.39 is 0 Å². The topological polar surface area (TPSA) is 61.4 Å². The molecule has 0 aliphatic carbocycles. The molecule has 0 radical (unpaired) electrons. The minimum Gasteiger partial charge on any atom is -0.232 e. The maximum absolute atomic E-state index is 13.5. The van der Waals surface area contributed by atoms with Crippen LogP contribution in [0.25, 0.3) is 34.0 Å². The lowest BCUT2D eigenvalue weighted by atomic mass is 10.1. The fraction of sp³-hybridized carbons (Fsp3) is 0. The summed E-state index contributed by atoms with van der Waals surface area (Å²) in [6, 6.07) is 20.6. The molecule has 0 atom stereocenters. The molecule has 3 aromatic carbocycles. The van der Waals surface area contributed by atoms with Gasteiger partial charge in [-0.2, -0.15) is 9.78 Å².